The van der Waals surface area contributed by atoms with Crippen LogP contribution in [0.15, 0.2) is 0 Å². The summed E-state index contributed by atoms with van der Waals surface area (Å²) in [5, 5.41) is 8.91. The van der Waals surface area contributed by atoms with Gasteiger partial charge >= 0.3 is 0 Å². The van der Waals surface area contributed by atoms with Crippen LogP contribution >= 0.6 is 0 Å². The van der Waals surface area contributed by atoms with Crippen molar-refractivity contribution in [3.8, 4) is 6.07 Å². The number of hydrogen-bond donors (Lipinski definition) is 0. The van der Waals surface area contributed by atoms with Crippen molar-refractivity contribution in [2.45, 2.75) is 31.7 Å². The molecule has 1 fully saturated rings. The number of sulfonamides is 1. The molecule has 0 saturated heterocycles. The van der Waals surface area contributed by atoms with Gasteiger partial charge < -0.3 is 0 Å². The van der Waals surface area contributed by atoms with Crippen molar-refractivity contribution in [1.82, 2.24) is 4.31 Å². The molecule has 0 atom stereocenters. The molecule has 1 saturated carbocycles. The lowest BCUT2D eigenvalue weighted by molar-refractivity contribution is 0.171. The standard InChI is InChI=1S/C8H14N2O2S/c1-3-13(11,12)10(2)8(7-9)5-4-6-8/h3-6H2,1-2H3. The second-order valence-electron chi connectivity index (χ2n) is 3.36. The van der Waals surface area contributed by atoms with Crippen LogP contribution in [-0.4, -0.2) is 31.1 Å². The number of hydrogen-bond acceptors (Lipinski definition) is 3. The maximum absolute atomic E-state index is 11.5. The van der Waals surface area contributed by atoms with Crippen LogP contribution in [0, 0.1) is 11.3 Å². The summed E-state index contributed by atoms with van der Waals surface area (Å²) in [6.45, 7) is 1.59. The summed E-state index contributed by atoms with van der Waals surface area (Å²) in [6, 6.07) is 2.10. The van der Waals surface area contributed by atoms with Gasteiger partial charge in [0, 0.05) is 7.05 Å². The lowest BCUT2D eigenvalue weighted by Crippen LogP contribution is -2.53. The SMILES string of the molecule is CCS(=O)(=O)N(C)C1(C#N)CCC1. The molecule has 13 heavy (non-hydrogen) atoms. The molecule has 0 aliphatic heterocycles. The molecule has 0 aromatic carbocycles. The molecule has 0 heterocycles. The molecule has 1 aliphatic carbocycles. The molecular formula is C8H14N2O2S. The topological polar surface area (TPSA) is 61.2 Å². The monoisotopic (exact) mass is 202 g/mol. The van der Waals surface area contributed by atoms with Crippen molar-refractivity contribution in [3.63, 3.8) is 0 Å². The first-order chi connectivity index (χ1) is 5.98. The van der Waals surface area contributed by atoms with E-state index in [2.05, 4.69) is 6.07 Å². The third-order valence-electron chi connectivity index (χ3n) is 2.77. The first kappa shape index (κ1) is 10.5. The van der Waals surface area contributed by atoms with Gasteiger partial charge in [0.2, 0.25) is 10.0 Å². The van der Waals surface area contributed by atoms with Gasteiger partial charge in [-0.2, -0.15) is 9.57 Å². The van der Waals surface area contributed by atoms with E-state index in [1.54, 1.807) is 6.92 Å². The molecule has 0 aromatic rings. The van der Waals surface area contributed by atoms with Gasteiger partial charge in [-0.25, -0.2) is 8.42 Å². The summed E-state index contributed by atoms with van der Waals surface area (Å²) in [5.74, 6) is 0.0624. The molecule has 0 unspecified atom stereocenters. The average Bonchev–Trinajstić information content (AvgIpc) is 2.03. The first-order valence-corrected chi connectivity index (χ1v) is 5.97. The van der Waals surface area contributed by atoms with Crippen LogP contribution in [0.3, 0.4) is 0 Å². The molecule has 5 heteroatoms. The fraction of sp³-hybridized carbons (Fsp3) is 0.875. The van der Waals surface area contributed by atoms with Crippen LogP contribution < -0.4 is 0 Å². The Morgan fingerprint density at radius 2 is 2.08 bits per heavy atom. The number of rotatable bonds is 3. The highest BCUT2D eigenvalue weighted by molar-refractivity contribution is 7.89. The zero-order valence-electron chi connectivity index (χ0n) is 7.95. The largest absolute Gasteiger partial charge is 0.214 e. The molecule has 0 radical (unpaired) electrons. The Labute approximate surface area is 79.2 Å². The molecular weight excluding hydrogens is 188 g/mol. The second kappa shape index (κ2) is 3.28. The van der Waals surface area contributed by atoms with Crippen LogP contribution in [0.2, 0.25) is 0 Å². The summed E-state index contributed by atoms with van der Waals surface area (Å²) in [7, 11) is -1.72. The normalized spacial score (nSPS) is 20.8. The third kappa shape index (κ3) is 1.56. The van der Waals surface area contributed by atoms with Crippen molar-refractivity contribution in [3.05, 3.63) is 0 Å². The summed E-state index contributed by atoms with van der Waals surface area (Å²) >= 11 is 0. The average molecular weight is 202 g/mol. The summed E-state index contributed by atoms with van der Waals surface area (Å²) < 4.78 is 24.2. The van der Waals surface area contributed by atoms with E-state index in [4.69, 9.17) is 5.26 Å². The van der Waals surface area contributed by atoms with Gasteiger partial charge in [-0.05, 0) is 26.2 Å². The van der Waals surface area contributed by atoms with Crippen molar-refractivity contribution in [2.75, 3.05) is 12.8 Å². The Balaban J connectivity index is 2.90. The molecule has 1 rings (SSSR count). The van der Waals surface area contributed by atoms with Crippen LogP contribution in [0.25, 0.3) is 0 Å². The second-order valence-corrected chi connectivity index (χ2v) is 5.65. The molecule has 0 spiro atoms. The van der Waals surface area contributed by atoms with Crippen molar-refractivity contribution in [2.24, 2.45) is 0 Å². The van der Waals surface area contributed by atoms with Gasteiger partial charge in [-0.15, -0.1) is 0 Å². The van der Waals surface area contributed by atoms with Crippen molar-refractivity contribution < 1.29 is 8.42 Å². The van der Waals surface area contributed by atoms with Crippen molar-refractivity contribution in [1.29, 1.82) is 5.26 Å². The van der Waals surface area contributed by atoms with E-state index in [9.17, 15) is 8.42 Å². The Hall–Kier alpha value is -0.600. The minimum absolute atomic E-state index is 0.0624. The fourth-order valence-electron chi connectivity index (χ4n) is 1.47. The highest BCUT2D eigenvalue weighted by atomic mass is 32.2. The Bertz CT molecular complexity index is 325. The van der Waals surface area contributed by atoms with Crippen LogP contribution in [0.4, 0.5) is 0 Å². The smallest absolute Gasteiger partial charge is 0.212 e. The minimum Gasteiger partial charge on any atom is -0.212 e. The van der Waals surface area contributed by atoms with Gasteiger partial charge in [0.05, 0.1) is 11.8 Å². The first-order valence-electron chi connectivity index (χ1n) is 4.36. The van der Waals surface area contributed by atoms with E-state index < -0.39 is 15.6 Å². The molecule has 0 bridgehead atoms. The zero-order valence-corrected chi connectivity index (χ0v) is 8.76. The summed E-state index contributed by atoms with van der Waals surface area (Å²) in [6.07, 6.45) is 2.27. The van der Waals surface area contributed by atoms with Crippen LogP contribution in [-0.2, 0) is 10.0 Å². The summed E-state index contributed by atoms with van der Waals surface area (Å²) in [4.78, 5) is 0. The van der Waals surface area contributed by atoms with Gasteiger partial charge in [-0.3, -0.25) is 0 Å². The van der Waals surface area contributed by atoms with Gasteiger partial charge in [0.1, 0.15) is 5.54 Å². The lowest BCUT2D eigenvalue weighted by Gasteiger charge is -2.41. The molecule has 0 amide bonds. The highest BCUT2D eigenvalue weighted by Gasteiger charge is 2.45. The van der Waals surface area contributed by atoms with E-state index in [0.717, 1.165) is 6.42 Å². The minimum atomic E-state index is -3.22. The van der Waals surface area contributed by atoms with E-state index >= 15 is 0 Å². The van der Waals surface area contributed by atoms with Crippen LogP contribution in [0.5, 0.6) is 0 Å². The maximum atomic E-state index is 11.5. The number of nitrogens with zero attached hydrogens (tertiary/aromatic N) is 2. The maximum Gasteiger partial charge on any atom is 0.214 e. The lowest BCUT2D eigenvalue weighted by atomic mass is 9.78. The van der Waals surface area contributed by atoms with Gasteiger partial charge in [0.15, 0.2) is 0 Å². The van der Waals surface area contributed by atoms with E-state index in [0.29, 0.717) is 12.8 Å². The van der Waals surface area contributed by atoms with E-state index in [-0.39, 0.29) is 5.75 Å². The molecule has 0 aromatic heterocycles. The molecule has 74 valence electrons. The van der Waals surface area contributed by atoms with Gasteiger partial charge in [-0.1, -0.05) is 0 Å². The predicted octanol–water partition coefficient (Wildman–Crippen LogP) is 0.714. The fourth-order valence-corrected chi connectivity index (χ4v) is 2.61. The Kier molecular flexibility index (Phi) is 2.64. The van der Waals surface area contributed by atoms with E-state index in [1.807, 2.05) is 0 Å². The molecule has 1 aliphatic rings. The highest BCUT2D eigenvalue weighted by Crippen LogP contribution is 2.37. The van der Waals surface area contributed by atoms with Crippen LogP contribution in [0.1, 0.15) is 26.2 Å². The van der Waals surface area contributed by atoms with Crippen molar-refractivity contribution >= 4 is 10.0 Å². The number of nitriles is 1. The Morgan fingerprint density at radius 3 is 2.31 bits per heavy atom. The molecule has 0 N–H and O–H groups in total. The quantitative estimate of drug-likeness (QED) is 0.677. The Morgan fingerprint density at radius 1 is 1.54 bits per heavy atom. The zero-order chi connectivity index (χ0) is 10.1. The third-order valence-corrected chi connectivity index (χ3v) is 4.69. The van der Waals surface area contributed by atoms with Gasteiger partial charge in [0.25, 0.3) is 0 Å². The van der Waals surface area contributed by atoms with E-state index in [1.165, 1.54) is 11.4 Å². The predicted molar refractivity (Wildman–Crippen MR) is 49.4 cm³/mol. The molecule has 4 nitrogen and oxygen atoms in total. The summed E-state index contributed by atoms with van der Waals surface area (Å²) in [5.41, 5.74) is -0.741.